The normalized spacial score (nSPS) is 13.9. The fourth-order valence-electron chi connectivity index (χ4n) is 2.27. The first-order chi connectivity index (χ1) is 13.2. The van der Waals surface area contributed by atoms with Crippen LogP contribution in [0.2, 0.25) is 0 Å². The van der Waals surface area contributed by atoms with Gasteiger partial charge < -0.3 is 20.5 Å². The van der Waals surface area contributed by atoms with Crippen molar-refractivity contribution in [2.75, 3.05) is 0 Å². The number of nitrogens with one attached hydrogen (secondary N) is 2. The summed E-state index contributed by atoms with van der Waals surface area (Å²) in [7, 11) is 0. The standard InChI is InChI=1S/C19H25F3N2O5/c1-11(16(26)27)23-15(25)14(24-17(28)29-18(2,3)4)10-7-12-5-8-13(9-6-12)19(20,21)22/h5-6,8-9,11,14H,7,10H2,1-4H3,(H,23,25)(H,24,28)(H,26,27)/t11-,14+/m0/s1. The zero-order valence-corrected chi connectivity index (χ0v) is 16.6. The summed E-state index contributed by atoms with van der Waals surface area (Å²) in [5, 5.41) is 13.6. The quantitative estimate of drug-likeness (QED) is 0.631. The van der Waals surface area contributed by atoms with Crippen LogP contribution in [0.25, 0.3) is 0 Å². The lowest BCUT2D eigenvalue weighted by Gasteiger charge is -2.24. The SMILES string of the molecule is C[C@H](NC(=O)[C@@H](CCc1ccc(C(F)(F)F)cc1)NC(=O)OC(C)(C)C)C(=O)O. The topological polar surface area (TPSA) is 105 Å². The Balaban J connectivity index is 2.85. The Morgan fingerprint density at radius 1 is 1.07 bits per heavy atom. The molecule has 1 rings (SSSR count). The molecule has 1 aromatic rings. The van der Waals surface area contributed by atoms with Gasteiger partial charge in [-0.15, -0.1) is 0 Å². The first-order valence-corrected chi connectivity index (χ1v) is 8.88. The summed E-state index contributed by atoms with van der Waals surface area (Å²) in [6, 6.07) is 2.11. The molecule has 162 valence electrons. The van der Waals surface area contributed by atoms with Crippen molar-refractivity contribution in [2.24, 2.45) is 0 Å². The molecular weight excluding hydrogens is 393 g/mol. The van der Waals surface area contributed by atoms with E-state index in [0.717, 1.165) is 12.1 Å². The number of halogens is 3. The highest BCUT2D eigenvalue weighted by molar-refractivity contribution is 5.89. The number of amides is 2. The minimum atomic E-state index is -4.45. The molecule has 0 radical (unpaired) electrons. The summed E-state index contributed by atoms with van der Waals surface area (Å²) in [5.74, 6) is -1.99. The summed E-state index contributed by atoms with van der Waals surface area (Å²) in [6.45, 7) is 6.17. The molecule has 10 heteroatoms. The Morgan fingerprint density at radius 3 is 2.07 bits per heavy atom. The predicted molar refractivity (Wildman–Crippen MR) is 98.2 cm³/mol. The Morgan fingerprint density at radius 2 is 1.62 bits per heavy atom. The average molecular weight is 418 g/mol. The van der Waals surface area contributed by atoms with Gasteiger partial charge in [-0.3, -0.25) is 9.59 Å². The van der Waals surface area contributed by atoms with Crippen molar-refractivity contribution in [3.63, 3.8) is 0 Å². The zero-order chi connectivity index (χ0) is 22.4. The maximum absolute atomic E-state index is 12.6. The molecule has 3 N–H and O–H groups in total. The highest BCUT2D eigenvalue weighted by Crippen LogP contribution is 2.29. The number of carboxylic acid groups (broad SMARTS) is 1. The number of rotatable bonds is 7. The molecule has 0 saturated carbocycles. The van der Waals surface area contributed by atoms with E-state index in [1.165, 1.54) is 19.1 Å². The molecule has 0 bridgehead atoms. The number of aryl methyl sites for hydroxylation is 1. The second kappa shape index (κ2) is 9.62. The van der Waals surface area contributed by atoms with Gasteiger partial charge in [0.25, 0.3) is 0 Å². The molecule has 0 spiro atoms. The van der Waals surface area contributed by atoms with Gasteiger partial charge in [0.2, 0.25) is 5.91 Å². The second-order valence-electron chi connectivity index (χ2n) is 7.50. The maximum Gasteiger partial charge on any atom is 0.416 e. The number of hydrogen-bond acceptors (Lipinski definition) is 4. The average Bonchev–Trinajstić information content (AvgIpc) is 2.56. The Labute approximate surface area is 166 Å². The van der Waals surface area contributed by atoms with Crippen molar-refractivity contribution < 1.29 is 37.4 Å². The smallest absolute Gasteiger partial charge is 0.416 e. The number of carbonyl (C=O) groups excluding carboxylic acids is 2. The summed E-state index contributed by atoms with van der Waals surface area (Å²) in [4.78, 5) is 35.3. The third-order valence-corrected chi connectivity index (χ3v) is 3.74. The molecule has 0 aromatic heterocycles. The van der Waals surface area contributed by atoms with Crippen molar-refractivity contribution >= 4 is 18.0 Å². The molecule has 0 unspecified atom stereocenters. The predicted octanol–water partition coefficient (Wildman–Crippen LogP) is 3.12. The fourth-order valence-corrected chi connectivity index (χ4v) is 2.27. The summed E-state index contributed by atoms with van der Waals surface area (Å²) in [6.07, 6.45) is -5.12. The summed E-state index contributed by atoms with van der Waals surface area (Å²) >= 11 is 0. The van der Waals surface area contributed by atoms with Crippen LogP contribution < -0.4 is 10.6 Å². The third kappa shape index (κ3) is 8.84. The summed E-state index contributed by atoms with van der Waals surface area (Å²) < 4.78 is 43.0. The molecule has 0 aliphatic heterocycles. The van der Waals surface area contributed by atoms with E-state index in [1.807, 2.05) is 0 Å². The number of carbonyl (C=O) groups is 3. The molecule has 7 nitrogen and oxygen atoms in total. The van der Waals surface area contributed by atoms with Crippen LogP contribution in [0.3, 0.4) is 0 Å². The van der Waals surface area contributed by atoms with Crippen LogP contribution in [0, 0.1) is 0 Å². The van der Waals surface area contributed by atoms with Gasteiger partial charge in [0.15, 0.2) is 0 Å². The molecule has 0 heterocycles. The van der Waals surface area contributed by atoms with E-state index < -0.39 is 47.4 Å². The van der Waals surface area contributed by atoms with Gasteiger partial charge >= 0.3 is 18.2 Å². The number of carboxylic acids is 1. The van der Waals surface area contributed by atoms with Gasteiger partial charge in [-0.05, 0) is 58.2 Å². The first kappa shape index (κ1) is 24.3. The second-order valence-corrected chi connectivity index (χ2v) is 7.50. The van der Waals surface area contributed by atoms with E-state index in [9.17, 15) is 27.6 Å². The van der Waals surface area contributed by atoms with Crippen LogP contribution in [-0.2, 0) is 26.9 Å². The van der Waals surface area contributed by atoms with Crippen molar-refractivity contribution in [3.8, 4) is 0 Å². The van der Waals surface area contributed by atoms with Gasteiger partial charge in [0, 0.05) is 0 Å². The molecule has 1 aromatic carbocycles. The molecule has 2 amide bonds. The fraction of sp³-hybridized carbons (Fsp3) is 0.526. The van der Waals surface area contributed by atoms with Gasteiger partial charge in [-0.25, -0.2) is 4.79 Å². The Bertz CT molecular complexity index is 727. The van der Waals surface area contributed by atoms with Crippen molar-refractivity contribution in [1.29, 1.82) is 0 Å². The molecule has 2 atom stereocenters. The van der Waals surface area contributed by atoms with Crippen molar-refractivity contribution in [3.05, 3.63) is 35.4 Å². The van der Waals surface area contributed by atoms with Crippen LogP contribution in [0.4, 0.5) is 18.0 Å². The summed E-state index contributed by atoms with van der Waals surface area (Å²) in [5.41, 5.74) is -1.09. The lowest BCUT2D eigenvalue weighted by Crippen LogP contribution is -2.51. The zero-order valence-electron chi connectivity index (χ0n) is 16.6. The number of benzene rings is 1. The van der Waals surface area contributed by atoms with Gasteiger partial charge in [0.1, 0.15) is 17.7 Å². The van der Waals surface area contributed by atoms with Crippen molar-refractivity contribution in [2.45, 2.75) is 64.4 Å². The number of hydrogen-bond donors (Lipinski definition) is 3. The Kier molecular flexibility index (Phi) is 8.05. The number of aliphatic carboxylic acids is 1. The largest absolute Gasteiger partial charge is 0.480 e. The maximum atomic E-state index is 12.6. The van der Waals surface area contributed by atoms with Crippen LogP contribution in [0.15, 0.2) is 24.3 Å². The van der Waals surface area contributed by atoms with Gasteiger partial charge in [-0.2, -0.15) is 13.2 Å². The van der Waals surface area contributed by atoms with E-state index in [1.54, 1.807) is 20.8 Å². The highest BCUT2D eigenvalue weighted by atomic mass is 19.4. The lowest BCUT2D eigenvalue weighted by atomic mass is 10.0. The van der Waals surface area contributed by atoms with Gasteiger partial charge in [-0.1, -0.05) is 12.1 Å². The van der Waals surface area contributed by atoms with Crippen LogP contribution in [-0.4, -0.2) is 40.8 Å². The number of alkyl carbamates (subject to hydrolysis) is 1. The lowest BCUT2D eigenvalue weighted by molar-refractivity contribution is -0.141. The minimum absolute atomic E-state index is 0.0305. The number of ether oxygens (including phenoxy) is 1. The monoisotopic (exact) mass is 418 g/mol. The van der Waals surface area contributed by atoms with Crippen molar-refractivity contribution in [1.82, 2.24) is 10.6 Å². The Hall–Kier alpha value is -2.78. The van der Waals surface area contributed by atoms with E-state index in [4.69, 9.17) is 9.84 Å². The van der Waals surface area contributed by atoms with Gasteiger partial charge in [0.05, 0.1) is 5.56 Å². The highest BCUT2D eigenvalue weighted by Gasteiger charge is 2.30. The molecule has 29 heavy (non-hydrogen) atoms. The molecule has 0 aliphatic rings. The molecule has 0 saturated heterocycles. The molecule has 0 aliphatic carbocycles. The van der Waals surface area contributed by atoms with E-state index in [0.29, 0.717) is 5.56 Å². The minimum Gasteiger partial charge on any atom is -0.480 e. The van der Waals surface area contributed by atoms with Crippen LogP contribution in [0.1, 0.15) is 45.2 Å². The van der Waals surface area contributed by atoms with Crippen LogP contribution >= 0.6 is 0 Å². The van der Waals surface area contributed by atoms with E-state index in [2.05, 4.69) is 10.6 Å². The van der Waals surface area contributed by atoms with Crippen LogP contribution in [0.5, 0.6) is 0 Å². The molecule has 0 fully saturated rings. The first-order valence-electron chi connectivity index (χ1n) is 8.88. The van der Waals surface area contributed by atoms with E-state index >= 15 is 0 Å². The molecular formula is C19H25F3N2O5. The number of alkyl halides is 3. The van der Waals surface area contributed by atoms with E-state index in [-0.39, 0.29) is 12.8 Å². The third-order valence-electron chi connectivity index (χ3n) is 3.74.